The van der Waals surface area contributed by atoms with Gasteiger partial charge in [0.15, 0.2) is 0 Å². The van der Waals surface area contributed by atoms with E-state index in [1.807, 2.05) is 26.0 Å². The van der Waals surface area contributed by atoms with E-state index in [1.165, 1.54) is 0 Å². The van der Waals surface area contributed by atoms with E-state index >= 15 is 0 Å². The highest BCUT2D eigenvalue weighted by molar-refractivity contribution is 9.10. The van der Waals surface area contributed by atoms with Gasteiger partial charge in [0, 0.05) is 10.7 Å². The van der Waals surface area contributed by atoms with Crippen molar-refractivity contribution in [2.45, 2.75) is 32.9 Å². The molecule has 1 saturated heterocycles. The van der Waals surface area contributed by atoms with Crippen molar-refractivity contribution in [1.82, 2.24) is 15.2 Å². The molecule has 0 aliphatic carbocycles. The molecule has 1 N–H and O–H groups in total. The van der Waals surface area contributed by atoms with Crippen LogP contribution >= 0.6 is 15.9 Å². The number of carbonyl (C=O) groups is 2. The number of halogens is 1. The van der Waals surface area contributed by atoms with Crippen LogP contribution in [0.2, 0.25) is 0 Å². The molecule has 1 aliphatic heterocycles. The summed E-state index contributed by atoms with van der Waals surface area (Å²) >= 11 is 3.32. The second-order valence-corrected chi connectivity index (χ2v) is 6.01. The molecule has 0 bridgehead atoms. The monoisotopic (exact) mass is 339 g/mol. The van der Waals surface area contributed by atoms with Crippen molar-refractivity contribution in [3.63, 3.8) is 0 Å². The first-order valence-electron chi connectivity index (χ1n) is 6.69. The third kappa shape index (κ3) is 3.36. The van der Waals surface area contributed by atoms with Crippen LogP contribution in [0.3, 0.4) is 0 Å². The predicted molar refractivity (Wildman–Crippen MR) is 78.7 cm³/mol. The molecule has 1 aromatic heterocycles. The topological polar surface area (TPSA) is 62.3 Å². The standard InChI is InChI=1S/C14H18BrN3O2/c1-3-9(2)13-14(20)18(8-12(19)17-13)7-11-5-4-10(15)6-16-11/h4-6,9,13H,3,7-8H2,1-2H3,(H,17,19). The average molecular weight is 340 g/mol. The number of rotatable bonds is 4. The lowest BCUT2D eigenvalue weighted by molar-refractivity contribution is -0.146. The van der Waals surface area contributed by atoms with Crippen LogP contribution in [0.5, 0.6) is 0 Å². The minimum absolute atomic E-state index is 0.0244. The molecule has 6 heteroatoms. The SMILES string of the molecule is CCC(C)C1NC(=O)CN(Cc2ccc(Br)cn2)C1=O. The maximum Gasteiger partial charge on any atom is 0.246 e. The number of hydrogen-bond donors (Lipinski definition) is 1. The number of piperazine rings is 1. The van der Waals surface area contributed by atoms with Gasteiger partial charge in [-0.15, -0.1) is 0 Å². The van der Waals surface area contributed by atoms with Crippen molar-refractivity contribution in [3.05, 3.63) is 28.5 Å². The summed E-state index contributed by atoms with van der Waals surface area (Å²) in [6, 6.07) is 3.31. The van der Waals surface area contributed by atoms with E-state index in [1.54, 1.807) is 11.1 Å². The molecule has 2 atom stereocenters. The maximum atomic E-state index is 12.4. The Morgan fingerprint density at radius 2 is 2.25 bits per heavy atom. The van der Waals surface area contributed by atoms with Crippen molar-refractivity contribution in [1.29, 1.82) is 0 Å². The van der Waals surface area contributed by atoms with Crippen LogP contribution in [0.1, 0.15) is 26.0 Å². The lowest BCUT2D eigenvalue weighted by Crippen LogP contribution is -2.59. The highest BCUT2D eigenvalue weighted by Crippen LogP contribution is 2.16. The average Bonchev–Trinajstić information content (AvgIpc) is 2.44. The van der Waals surface area contributed by atoms with Crippen molar-refractivity contribution in [2.75, 3.05) is 6.54 Å². The van der Waals surface area contributed by atoms with Crippen LogP contribution in [-0.2, 0) is 16.1 Å². The number of pyridine rings is 1. The van der Waals surface area contributed by atoms with Gasteiger partial charge in [-0.3, -0.25) is 14.6 Å². The summed E-state index contributed by atoms with van der Waals surface area (Å²) in [5.41, 5.74) is 0.777. The fourth-order valence-corrected chi connectivity index (χ4v) is 2.41. The summed E-state index contributed by atoms with van der Waals surface area (Å²) in [5, 5.41) is 2.78. The van der Waals surface area contributed by atoms with E-state index in [-0.39, 0.29) is 24.3 Å². The molecule has 2 rings (SSSR count). The van der Waals surface area contributed by atoms with Crippen molar-refractivity contribution in [3.8, 4) is 0 Å². The number of amides is 2. The minimum Gasteiger partial charge on any atom is -0.342 e. The molecule has 0 spiro atoms. The van der Waals surface area contributed by atoms with E-state index < -0.39 is 6.04 Å². The Morgan fingerprint density at radius 1 is 1.50 bits per heavy atom. The molecule has 1 aliphatic rings. The Balaban J connectivity index is 2.11. The summed E-state index contributed by atoms with van der Waals surface area (Å²) in [6.45, 7) is 4.46. The molecule has 20 heavy (non-hydrogen) atoms. The van der Waals surface area contributed by atoms with Gasteiger partial charge in [0.1, 0.15) is 12.6 Å². The summed E-state index contributed by atoms with van der Waals surface area (Å²) in [5.74, 6) is 0.00260. The third-order valence-electron chi connectivity index (χ3n) is 3.58. The molecule has 2 heterocycles. The zero-order chi connectivity index (χ0) is 14.7. The molecule has 108 valence electrons. The number of carbonyl (C=O) groups excluding carboxylic acids is 2. The first kappa shape index (κ1) is 15.0. The number of nitrogens with zero attached hydrogens (tertiary/aromatic N) is 2. The summed E-state index contributed by atoms with van der Waals surface area (Å²) in [4.78, 5) is 30.0. The molecule has 2 amide bonds. The normalized spacial score (nSPS) is 20.8. The molecular weight excluding hydrogens is 322 g/mol. The van der Waals surface area contributed by atoms with Gasteiger partial charge in [-0.2, -0.15) is 0 Å². The van der Waals surface area contributed by atoms with Crippen LogP contribution < -0.4 is 5.32 Å². The number of aromatic nitrogens is 1. The molecule has 1 fully saturated rings. The Hall–Kier alpha value is -1.43. The summed E-state index contributed by atoms with van der Waals surface area (Å²) < 4.78 is 0.890. The third-order valence-corrected chi connectivity index (χ3v) is 4.05. The summed E-state index contributed by atoms with van der Waals surface area (Å²) in [7, 11) is 0. The lowest BCUT2D eigenvalue weighted by atomic mass is 9.96. The van der Waals surface area contributed by atoms with Crippen molar-refractivity contribution < 1.29 is 9.59 Å². The minimum atomic E-state index is -0.420. The van der Waals surface area contributed by atoms with E-state index in [2.05, 4.69) is 26.2 Å². The van der Waals surface area contributed by atoms with Gasteiger partial charge in [0.2, 0.25) is 11.8 Å². The molecule has 0 aromatic carbocycles. The molecule has 0 saturated carbocycles. The van der Waals surface area contributed by atoms with Gasteiger partial charge in [-0.25, -0.2) is 0 Å². The van der Waals surface area contributed by atoms with E-state index in [9.17, 15) is 9.59 Å². The molecule has 1 aromatic rings. The maximum absolute atomic E-state index is 12.4. The van der Waals surface area contributed by atoms with Crippen molar-refractivity contribution in [2.24, 2.45) is 5.92 Å². The van der Waals surface area contributed by atoms with Crippen LogP contribution in [0.25, 0.3) is 0 Å². The number of hydrogen-bond acceptors (Lipinski definition) is 3. The van der Waals surface area contributed by atoms with Gasteiger partial charge in [-0.05, 0) is 34.0 Å². The Labute approximate surface area is 126 Å². The first-order valence-corrected chi connectivity index (χ1v) is 7.49. The number of nitrogens with one attached hydrogen (secondary N) is 1. The van der Waals surface area contributed by atoms with E-state index in [4.69, 9.17) is 0 Å². The molecule has 2 unspecified atom stereocenters. The van der Waals surface area contributed by atoms with E-state index in [0.717, 1.165) is 16.6 Å². The molecule has 0 radical (unpaired) electrons. The van der Waals surface area contributed by atoms with Crippen LogP contribution in [-0.4, -0.2) is 34.3 Å². The zero-order valence-corrected chi connectivity index (χ0v) is 13.2. The molecular formula is C14H18BrN3O2. The second-order valence-electron chi connectivity index (χ2n) is 5.09. The fourth-order valence-electron chi connectivity index (χ4n) is 2.18. The highest BCUT2D eigenvalue weighted by Gasteiger charge is 2.35. The Bertz CT molecular complexity index is 504. The van der Waals surface area contributed by atoms with Crippen LogP contribution in [0.15, 0.2) is 22.8 Å². The zero-order valence-electron chi connectivity index (χ0n) is 11.6. The Morgan fingerprint density at radius 3 is 2.85 bits per heavy atom. The first-order chi connectivity index (χ1) is 9.51. The predicted octanol–water partition coefficient (Wildman–Crippen LogP) is 1.72. The van der Waals surface area contributed by atoms with Gasteiger partial charge in [0.05, 0.1) is 12.2 Å². The highest BCUT2D eigenvalue weighted by atomic mass is 79.9. The largest absolute Gasteiger partial charge is 0.342 e. The van der Waals surface area contributed by atoms with Gasteiger partial charge >= 0.3 is 0 Å². The van der Waals surface area contributed by atoms with Crippen LogP contribution in [0.4, 0.5) is 0 Å². The quantitative estimate of drug-likeness (QED) is 0.908. The smallest absolute Gasteiger partial charge is 0.246 e. The summed E-state index contributed by atoms with van der Waals surface area (Å²) in [6.07, 6.45) is 2.54. The van der Waals surface area contributed by atoms with Gasteiger partial charge in [-0.1, -0.05) is 20.3 Å². The fraction of sp³-hybridized carbons (Fsp3) is 0.500. The van der Waals surface area contributed by atoms with E-state index in [0.29, 0.717) is 6.54 Å². The Kier molecular flexibility index (Phi) is 4.75. The second kappa shape index (κ2) is 6.35. The van der Waals surface area contributed by atoms with Gasteiger partial charge < -0.3 is 10.2 Å². The lowest BCUT2D eigenvalue weighted by Gasteiger charge is -2.35. The van der Waals surface area contributed by atoms with Crippen LogP contribution in [0, 0.1) is 5.92 Å². The van der Waals surface area contributed by atoms with Gasteiger partial charge in [0.25, 0.3) is 0 Å². The molecule has 5 nitrogen and oxygen atoms in total. The van der Waals surface area contributed by atoms with Crippen molar-refractivity contribution >= 4 is 27.7 Å².